The van der Waals surface area contributed by atoms with Gasteiger partial charge >= 0.3 is 0 Å². The Labute approximate surface area is 108 Å². The molecule has 2 N–H and O–H groups in total. The zero-order valence-corrected chi connectivity index (χ0v) is 11.7. The van der Waals surface area contributed by atoms with Gasteiger partial charge in [-0.15, -0.1) is 0 Å². The first-order valence-corrected chi connectivity index (χ1v) is 7.74. The summed E-state index contributed by atoms with van der Waals surface area (Å²) in [6.45, 7) is 4.01. The van der Waals surface area contributed by atoms with E-state index in [1.807, 2.05) is 13.8 Å². The summed E-state index contributed by atoms with van der Waals surface area (Å²) in [6, 6.07) is 4.90. The average molecular weight is 276 g/mol. The number of halogens is 1. The van der Waals surface area contributed by atoms with Crippen LogP contribution in [0.4, 0.5) is 5.69 Å². The van der Waals surface area contributed by atoms with Gasteiger partial charge in [0.15, 0.2) is 9.84 Å². The molecule has 0 aliphatic rings. The molecule has 0 unspecified atom stereocenters. The van der Waals surface area contributed by atoms with E-state index in [2.05, 4.69) is 0 Å². The SMILES string of the molecule is CC(C)CCS(=O)(=O)Cc1cc(Cl)ccc1N. The molecule has 0 saturated heterocycles. The number of sulfone groups is 1. The van der Waals surface area contributed by atoms with Crippen LogP contribution in [0.5, 0.6) is 0 Å². The fourth-order valence-corrected chi connectivity index (χ4v) is 3.32. The number of nitrogen functional groups attached to an aromatic ring is 1. The topological polar surface area (TPSA) is 60.2 Å². The smallest absolute Gasteiger partial charge is 0.154 e. The molecule has 0 aliphatic heterocycles. The van der Waals surface area contributed by atoms with E-state index < -0.39 is 9.84 Å². The van der Waals surface area contributed by atoms with Crippen molar-refractivity contribution in [2.75, 3.05) is 11.5 Å². The Morgan fingerprint density at radius 3 is 2.59 bits per heavy atom. The van der Waals surface area contributed by atoms with E-state index in [4.69, 9.17) is 17.3 Å². The maximum atomic E-state index is 11.9. The van der Waals surface area contributed by atoms with Crippen molar-refractivity contribution in [1.29, 1.82) is 0 Å². The molecule has 1 aromatic rings. The molecule has 5 heteroatoms. The van der Waals surface area contributed by atoms with Crippen molar-refractivity contribution in [3.63, 3.8) is 0 Å². The summed E-state index contributed by atoms with van der Waals surface area (Å²) in [5, 5.41) is 0.508. The molecule has 0 amide bonds. The Hall–Kier alpha value is -0.740. The predicted octanol–water partition coefficient (Wildman–Crippen LogP) is 2.88. The molecule has 17 heavy (non-hydrogen) atoms. The van der Waals surface area contributed by atoms with Gasteiger partial charge in [0.2, 0.25) is 0 Å². The lowest BCUT2D eigenvalue weighted by Gasteiger charge is -2.09. The lowest BCUT2D eigenvalue weighted by molar-refractivity contribution is 0.573. The lowest BCUT2D eigenvalue weighted by atomic mass is 10.2. The largest absolute Gasteiger partial charge is 0.398 e. The van der Waals surface area contributed by atoms with Crippen LogP contribution in [0, 0.1) is 5.92 Å². The van der Waals surface area contributed by atoms with Crippen molar-refractivity contribution in [3.8, 4) is 0 Å². The highest BCUT2D eigenvalue weighted by Gasteiger charge is 2.14. The highest BCUT2D eigenvalue weighted by Crippen LogP contribution is 2.21. The van der Waals surface area contributed by atoms with Gasteiger partial charge in [-0.1, -0.05) is 25.4 Å². The fraction of sp³-hybridized carbons (Fsp3) is 0.500. The normalized spacial score (nSPS) is 12.0. The summed E-state index contributed by atoms with van der Waals surface area (Å²) in [5.74, 6) is 0.532. The number of hydrogen-bond donors (Lipinski definition) is 1. The molecule has 1 aromatic carbocycles. The first kappa shape index (κ1) is 14.3. The summed E-state index contributed by atoms with van der Waals surface area (Å²) in [5.41, 5.74) is 6.79. The van der Waals surface area contributed by atoms with Crippen molar-refractivity contribution in [2.45, 2.75) is 26.0 Å². The van der Waals surface area contributed by atoms with Crippen molar-refractivity contribution < 1.29 is 8.42 Å². The quantitative estimate of drug-likeness (QED) is 0.841. The minimum Gasteiger partial charge on any atom is -0.398 e. The van der Waals surface area contributed by atoms with E-state index in [-0.39, 0.29) is 11.5 Å². The molecular weight excluding hydrogens is 258 g/mol. The van der Waals surface area contributed by atoms with Gasteiger partial charge in [0.1, 0.15) is 0 Å². The van der Waals surface area contributed by atoms with Gasteiger partial charge in [-0.25, -0.2) is 8.42 Å². The number of anilines is 1. The van der Waals surface area contributed by atoms with E-state index in [0.29, 0.717) is 28.6 Å². The van der Waals surface area contributed by atoms with Crippen LogP contribution in [0.1, 0.15) is 25.8 Å². The minimum absolute atomic E-state index is 0.0356. The standard InChI is InChI=1S/C12H18ClNO2S/c1-9(2)5-6-17(15,16)8-10-7-11(13)3-4-12(10)14/h3-4,7,9H,5-6,8,14H2,1-2H3. The Bertz CT molecular complexity index is 483. The third-order valence-electron chi connectivity index (χ3n) is 2.49. The predicted molar refractivity (Wildman–Crippen MR) is 72.8 cm³/mol. The zero-order valence-electron chi connectivity index (χ0n) is 10.1. The zero-order chi connectivity index (χ0) is 13.1. The van der Waals surface area contributed by atoms with E-state index in [0.717, 1.165) is 0 Å². The van der Waals surface area contributed by atoms with Gasteiger partial charge in [0, 0.05) is 10.7 Å². The number of nitrogens with two attached hydrogens (primary N) is 1. The molecule has 1 rings (SSSR count). The first-order valence-electron chi connectivity index (χ1n) is 5.54. The Balaban J connectivity index is 2.79. The summed E-state index contributed by atoms with van der Waals surface area (Å²) >= 11 is 5.82. The Kier molecular flexibility index (Phi) is 4.83. The van der Waals surface area contributed by atoms with Crippen LogP contribution in [0.3, 0.4) is 0 Å². The van der Waals surface area contributed by atoms with E-state index >= 15 is 0 Å². The maximum Gasteiger partial charge on any atom is 0.154 e. The molecule has 0 bridgehead atoms. The fourth-order valence-electron chi connectivity index (χ4n) is 1.42. The second kappa shape index (κ2) is 5.74. The monoisotopic (exact) mass is 275 g/mol. The van der Waals surface area contributed by atoms with Crippen molar-refractivity contribution in [3.05, 3.63) is 28.8 Å². The van der Waals surface area contributed by atoms with Crippen molar-refractivity contribution in [1.82, 2.24) is 0 Å². The molecule has 0 aromatic heterocycles. The van der Waals surface area contributed by atoms with Crippen LogP contribution >= 0.6 is 11.6 Å². The molecule has 0 heterocycles. The van der Waals surface area contributed by atoms with Crippen LogP contribution in [-0.2, 0) is 15.6 Å². The minimum atomic E-state index is -3.11. The molecule has 96 valence electrons. The Morgan fingerprint density at radius 2 is 2.00 bits per heavy atom. The van der Waals surface area contributed by atoms with Crippen LogP contribution in [0.25, 0.3) is 0 Å². The lowest BCUT2D eigenvalue weighted by Crippen LogP contribution is -2.12. The molecular formula is C12H18ClNO2S. The third kappa shape index (κ3) is 4.96. The summed E-state index contributed by atoms with van der Waals surface area (Å²) in [4.78, 5) is 0. The average Bonchev–Trinajstić information content (AvgIpc) is 2.20. The summed E-state index contributed by atoms with van der Waals surface area (Å²) in [7, 11) is -3.11. The van der Waals surface area contributed by atoms with E-state index in [1.54, 1.807) is 18.2 Å². The molecule has 0 aliphatic carbocycles. The van der Waals surface area contributed by atoms with Gasteiger partial charge < -0.3 is 5.73 Å². The van der Waals surface area contributed by atoms with Gasteiger partial charge in [0.25, 0.3) is 0 Å². The summed E-state index contributed by atoms with van der Waals surface area (Å²) < 4.78 is 23.7. The molecule has 0 radical (unpaired) electrons. The van der Waals surface area contributed by atoms with E-state index in [9.17, 15) is 8.42 Å². The van der Waals surface area contributed by atoms with Crippen molar-refractivity contribution in [2.24, 2.45) is 5.92 Å². The third-order valence-corrected chi connectivity index (χ3v) is 4.33. The second-order valence-electron chi connectivity index (χ2n) is 4.62. The number of rotatable bonds is 5. The van der Waals surface area contributed by atoms with Crippen LogP contribution in [-0.4, -0.2) is 14.2 Å². The van der Waals surface area contributed by atoms with Crippen molar-refractivity contribution >= 4 is 27.1 Å². The second-order valence-corrected chi connectivity index (χ2v) is 7.24. The molecule has 0 spiro atoms. The van der Waals surface area contributed by atoms with Gasteiger partial charge in [-0.05, 0) is 36.1 Å². The highest BCUT2D eigenvalue weighted by molar-refractivity contribution is 7.90. The molecule has 0 saturated carbocycles. The van der Waals surface area contributed by atoms with Gasteiger partial charge in [-0.3, -0.25) is 0 Å². The van der Waals surface area contributed by atoms with E-state index in [1.165, 1.54) is 0 Å². The highest BCUT2D eigenvalue weighted by atomic mass is 35.5. The Morgan fingerprint density at radius 1 is 1.35 bits per heavy atom. The molecule has 0 atom stereocenters. The maximum absolute atomic E-state index is 11.9. The summed E-state index contributed by atoms with van der Waals surface area (Å²) in [6.07, 6.45) is 0.669. The number of benzene rings is 1. The van der Waals surface area contributed by atoms with Gasteiger partial charge in [-0.2, -0.15) is 0 Å². The van der Waals surface area contributed by atoms with Crippen LogP contribution < -0.4 is 5.73 Å². The molecule has 3 nitrogen and oxygen atoms in total. The first-order chi connectivity index (χ1) is 7.80. The van der Waals surface area contributed by atoms with Gasteiger partial charge in [0.05, 0.1) is 11.5 Å². The molecule has 0 fully saturated rings. The van der Waals surface area contributed by atoms with Crippen LogP contribution in [0.2, 0.25) is 5.02 Å². The number of hydrogen-bond acceptors (Lipinski definition) is 3. The van der Waals surface area contributed by atoms with Crippen LogP contribution in [0.15, 0.2) is 18.2 Å².